The van der Waals surface area contributed by atoms with E-state index in [9.17, 15) is 9.90 Å². The van der Waals surface area contributed by atoms with Crippen molar-refractivity contribution >= 4 is 6.09 Å². The molecule has 3 aromatic rings. The Hall–Kier alpha value is -3.49. The fourth-order valence-electron chi connectivity index (χ4n) is 4.91. The SMILES string of the molecule is C=CCOC(=O)NCc1ccc([C@@H]2O[C@H](CN(C)[C@@H](C)c3ccccc3)[C@H](C)[C@H](c3ccc(CO)cc3)O2)cc1. The van der Waals surface area contributed by atoms with E-state index in [4.69, 9.17) is 14.2 Å². The van der Waals surface area contributed by atoms with Crippen molar-refractivity contribution < 1.29 is 24.1 Å². The van der Waals surface area contributed by atoms with Crippen LogP contribution in [0.4, 0.5) is 4.79 Å². The highest BCUT2D eigenvalue weighted by Crippen LogP contribution is 2.42. The molecule has 0 aromatic heterocycles. The molecule has 1 aliphatic heterocycles. The highest BCUT2D eigenvalue weighted by atomic mass is 16.7. The van der Waals surface area contributed by atoms with E-state index in [0.717, 1.165) is 28.8 Å². The summed E-state index contributed by atoms with van der Waals surface area (Å²) in [7, 11) is 2.13. The highest BCUT2D eigenvalue weighted by molar-refractivity contribution is 5.67. The number of hydrogen-bond acceptors (Lipinski definition) is 6. The van der Waals surface area contributed by atoms with Crippen LogP contribution in [-0.4, -0.2) is 42.4 Å². The molecule has 0 saturated carbocycles. The predicted octanol–water partition coefficient (Wildman–Crippen LogP) is 6.08. The maximum absolute atomic E-state index is 11.8. The van der Waals surface area contributed by atoms with Crippen LogP contribution in [0.1, 0.15) is 60.1 Å². The van der Waals surface area contributed by atoms with Crippen molar-refractivity contribution in [2.45, 2.75) is 51.5 Å². The van der Waals surface area contributed by atoms with Crippen molar-refractivity contribution in [2.24, 2.45) is 5.92 Å². The van der Waals surface area contributed by atoms with Crippen molar-refractivity contribution in [3.8, 4) is 0 Å². The molecule has 1 saturated heterocycles. The lowest BCUT2D eigenvalue weighted by Gasteiger charge is -2.43. The molecule has 0 spiro atoms. The Bertz CT molecular complexity index is 1220. The molecule has 1 aliphatic rings. The molecule has 40 heavy (non-hydrogen) atoms. The lowest BCUT2D eigenvalue weighted by molar-refractivity contribution is -0.276. The lowest BCUT2D eigenvalue weighted by Crippen LogP contribution is -2.44. The Morgan fingerprint density at radius 2 is 1.68 bits per heavy atom. The number of ether oxygens (including phenoxy) is 3. The van der Waals surface area contributed by atoms with Gasteiger partial charge in [-0.25, -0.2) is 4.79 Å². The van der Waals surface area contributed by atoms with Crippen LogP contribution in [0.15, 0.2) is 91.5 Å². The van der Waals surface area contributed by atoms with E-state index in [2.05, 4.69) is 62.0 Å². The van der Waals surface area contributed by atoms with Gasteiger partial charge in [0.15, 0.2) is 6.29 Å². The van der Waals surface area contributed by atoms with Crippen molar-refractivity contribution in [3.05, 3.63) is 119 Å². The van der Waals surface area contributed by atoms with Crippen molar-refractivity contribution in [3.63, 3.8) is 0 Å². The topological polar surface area (TPSA) is 80.3 Å². The van der Waals surface area contributed by atoms with E-state index in [1.165, 1.54) is 11.6 Å². The number of nitrogens with one attached hydrogen (secondary N) is 1. The van der Waals surface area contributed by atoms with Gasteiger partial charge < -0.3 is 24.6 Å². The smallest absolute Gasteiger partial charge is 0.407 e. The van der Waals surface area contributed by atoms with Crippen LogP contribution >= 0.6 is 0 Å². The summed E-state index contributed by atoms with van der Waals surface area (Å²) in [5, 5.41) is 12.2. The molecule has 4 rings (SSSR count). The van der Waals surface area contributed by atoms with Gasteiger partial charge in [-0.2, -0.15) is 0 Å². The largest absolute Gasteiger partial charge is 0.445 e. The average Bonchev–Trinajstić information content (AvgIpc) is 3.00. The number of likely N-dealkylation sites (N-methyl/N-ethyl adjacent to an activating group) is 1. The van der Waals surface area contributed by atoms with E-state index >= 15 is 0 Å². The second-order valence-electron chi connectivity index (χ2n) is 10.3. The number of nitrogens with zero attached hydrogens (tertiary/aromatic N) is 1. The third-order valence-corrected chi connectivity index (χ3v) is 7.56. The molecular formula is C33H40N2O5. The van der Waals surface area contributed by atoms with E-state index < -0.39 is 12.4 Å². The molecule has 0 radical (unpaired) electrons. The van der Waals surface area contributed by atoms with Gasteiger partial charge >= 0.3 is 6.09 Å². The summed E-state index contributed by atoms with van der Waals surface area (Å²) in [6.45, 7) is 9.19. The molecule has 0 aliphatic carbocycles. The zero-order valence-electron chi connectivity index (χ0n) is 23.5. The summed E-state index contributed by atoms with van der Waals surface area (Å²) < 4.78 is 18.2. The standard InChI is InChI=1S/C33H40N2O5/c1-5-19-38-33(37)34-20-25-11-17-29(18-12-25)32-39-30(21-35(4)24(3)27-9-7-6-8-10-27)23(2)31(40-32)28-15-13-26(22-36)14-16-28/h5-18,23-24,30-32,36H,1,19-22H2,2-4H3,(H,34,37)/t23-,24-,30+,31+,32+/m0/s1. The second kappa shape index (κ2) is 14.2. The monoisotopic (exact) mass is 544 g/mol. The Morgan fingerprint density at radius 1 is 1.02 bits per heavy atom. The number of benzene rings is 3. The molecule has 3 aromatic carbocycles. The van der Waals surface area contributed by atoms with Crippen molar-refractivity contribution in [2.75, 3.05) is 20.2 Å². The minimum atomic E-state index is -0.552. The van der Waals surface area contributed by atoms with Gasteiger partial charge in [0, 0.05) is 30.6 Å². The zero-order valence-corrected chi connectivity index (χ0v) is 23.5. The van der Waals surface area contributed by atoms with E-state index in [1.807, 2.05) is 54.6 Å². The lowest BCUT2D eigenvalue weighted by atomic mass is 9.89. The van der Waals surface area contributed by atoms with Crippen LogP contribution in [0.3, 0.4) is 0 Å². The van der Waals surface area contributed by atoms with Gasteiger partial charge in [-0.1, -0.05) is 98.4 Å². The number of rotatable bonds is 11. The number of aliphatic hydroxyl groups is 1. The summed E-state index contributed by atoms with van der Waals surface area (Å²) in [4.78, 5) is 14.1. The molecule has 1 heterocycles. The fourth-order valence-corrected chi connectivity index (χ4v) is 4.91. The maximum atomic E-state index is 11.8. The summed E-state index contributed by atoms with van der Waals surface area (Å²) in [6.07, 6.45) is 0.227. The van der Waals surface area contributed by atoms with Gasteiger partial charge in [0.2, 0.25) is 0 Å². The minimum absolute atomic E-state index is 0.00503. The molecule has 7 nitrogen and oxygen atoms in total. The molecule has 5 atom stereocenters. The predicted molar refractivity (Wildman–Crippen MR) is 155 cm³/mol. The Kier molecular flexibility index (Phi) is 10.5. The number of aliphatic hydroxyl groups excluding tert-OH is 1. The van der Waals surface area contributed by atoms with Crippen LogP contribution in [0.2, 0.25) is 0 Å². The van der Waals surface area contributed by atoms with Crippen molar-refractivity contribution in [1.29, 1.82) is 0 Å². The first-order valence-electron chi connectivity index (χ1n) is 13.8. The van der Waals surface area contributed by atoms with Crippen LogP contribution in [-0.2, 0) is 27.4 Å². The quantitative estimate of drug-likeness (QED) is 0.285. The molecule has 212 valence electrons. The van der Waals surface area contributed by atoms with Gasteiger partial charge in [0.05, 0.1) is 18.8 Å². The number of carbonyl (C=O) groups is 1. The van der Waals surface area contributed by atoms with Crippen molar-refractivity contribution in [1.82, 2.24) is 10.2 Å². The third-order valence-electron chi connectivity index (χ3n) is 7.56. The number of alkyl carbamates (subject to hydrolysis) is 1. The summed E-state index contributed by atoms with van der Waals surface area (Å²) in [5.41, 5.74) is 5.03. The molecule has 1 amide bonds. The first-order chi connectivity index (χ1) is 19.4. The van der Waals surface area contributed by atoms with Crippen LogP contribution in [0.5, 0.6) is 0 Å². The average molecular weight is 545 g/mol. The summed E-state index contributed by atoms with van der Waals surface area (Å²) >= 11 is 0. The summed E-state index contributed by atoms with van der Waals surface area (Å²) in [5.74, 6) is 0.0895. The molecule has 2 N–H and O–H groups in total. The number of carbonyl (C=O) groups excluding carboxylic acids is 1. The maximum Gasteiger partial charge on any atom is 0.407 e. The first-order valence-corrected chi connectivity index (χ1v) is 13.8. The fraction of sp³-hybridized carbons (Fsp3) is 0.364. The Balaban J connectivity index is 1.51. The normalized spacial score (nSPS) is 21.5. The molecular weight excluding hydrogens is 504 g/mol. The van der Waals surface area contributed by atoms with E-state index in [1.54, 1.807) is 0 Å². The number of amides is 1. The zero-order chi connectivity index (χ0) is 28.5. The third kappa shape index (κ3) is 7.58. The first kappa shape index (κ1) is 29.5. The molecule has 0 unspecified atom stereocenters. The molecule has 0 bridgehead atoms. The van der Waals surface area contributed by atoms with Crippen LogP contribution in [0, 0.1) is 5.92 Å². The minimum Gasteiger partial charge on any atom is -0.445 e. The van der Waals surface area contributed by atoms with Gasteiger partial charge in [0.1, 0.15) is 6.61 Å². The molecule has 1 fully saturated rings. The Morgan fingerprint density at radius 3 is 2.33 bits per heavy atom. The van der Waals surface area contributed by atoms with Gasteiger partial charge in [-0.3, -0.25) is 4.90 Å². The number of hydrogen-bond donors (Lipinski definition) is 2. The van der Waals surface area contributed by atoms with Crippen LogP contribution in [0.25, 0.3) is 0 Å². The van der Waals surface area contributed by atoms with E-state index in [0.29, 0.717) is 6.54 Å². The Labute approximate surface area is 237 Å². The van der Waals surface area contributed by atoms with Crippen LogP contribution < -0.4 is 5.32 Å². The second-order valence-corrected chi connectivity index (χ2v) is 10.3. The van der Waals surface area contributed by atoms with E-state index in [-0.39, 0.29) is 37.4 Å². The summed E-state index contributed by atoms with van der Waals surface area (Å²) in [6, 6.07) is 26.5. The molecule has 7 heteroatoms. The van der Waals surface area contributed by atoms with Gasteiger partial charge in [-0.15, -0.1) is 0 Å². The highest BCUT2D eigenvalue weighted by Gasteiger charge is 2.39. The van der Waals surface area contributed by atoms with Gasteiger partial charge in [0.25, 0.3) is 0 Å². The van der Waals surface area contributed by atoms with Gasteiger partial charge in [-0.05, 0) is 36.2 Å².